The van der Waals surface area contributed by atoms with Crippen molar-refractivity contribution in [3.05, 3.63) is 12.7 Å². The minimum Gasteiger partial charge on any atom is -0.346 e. The van der Waals surface area contributed by atoms with E-state index in [-0.39, 0.29) is 36.8 Å². The van der Waals surface area contributed by atoms with Gasteiger partial charge in [0.15, 0.2) is 0 Å². The Morgan fingerprint density at radius 3 is 2.21 bits per heavy atom. The standard InChI is InChI=1S/C33H57N7O7S/c1-11-14-21(25(41)28(43)34-15-12-2)36-27(42)24-23-20(33(23,9)10)18-40(24)29(44)26(32(6,7)8)38-30(45)37-22(31(3,4)5)19-39-17-13-16-35-48(39,46)47/h12,20-24,26,35H,2,11,13-19H2,1,3-10H3,(H,34,43)(H,36,42)(H2,37,38,45)/t20-,21?,22+,23-,24-,26+/m0/s1. The first-order chi connectivity index (χ1) is 22.1. The van der Waals surface area contributed by atoms with Crippen LogP contribution in [-0.4, -0.2) is 104 Å². The lowest BCUT2D eigenvalue weighted by Crippen LogP contribution is -2.63. The number of carbonyl (C=O) groups is 5. The second-order valence-electron chi connectivity index (χ2n) is 16.0. The summed E-state index contributed by atoms with van der Waals surface area (Å²) in [6.45, 7) is 21.8. The molecular formula is C33H57N7O7S. The van der Waals surface area contributed by atoms with E-state index < -0.39 is 74.7 Å². The number of amides is 5. The number of rotatable bonds is 13. The number of piperidine rings is 1. The highest BCUT2D eigenvalue weighted by Gasteiger charge is 2.70. The Bertz CT molecular complexity index is 1370. The maximum absolute atomic E-state index is 14.3. The number of carbonyl (C=O) groups excluding carboxylic acids is 5. The Kier molecular flexibility index (Phi) is 12.2. The summed E-state index contributed by atoms with van der Waals surface area (Å²) in [4.78, 5) is 68.8. The molecule has 1 unspecified atom stereocenters. The van der Waals surface area contributed by atoms with Gasteiger partial charge in [-0.3, -0.25) is 19.2 Å². The summed E-state index contributed by atoms with van der Waals surface area (Å²) in [6, 6.07) is -4.20. The molecule has 5 N–H and O–H groups in total. The fraction of sp³-hybridized carbons (Fsp3) is 0.788. The summed E-state index contributed by atoms with van der Waals surface area (Å²) in [5, 5.41) is 11.0. The molecule has 48 heavy (non-hydrogen) atoms. The molecule has 272 valence electrons. The number of nitrogens with zero attached hydrogens (tertiary/aromatic N) is 2. The summed E-state index contributed by atoms with van der Waals surface area (Å²) >= 11 is 0. The van der Waals surface area contributed by atoms with Crippen LogP contribution in [0.3, 0.4) is 0 Å². The van der Waals surface area contributed by atoms with Gasteiger partial charge in [0, 0.05) is 38.8 Å². The molecule has 14 nitrogen and oxygen atoms in total. The first-order valence-corrected chi connectivity index (χ1v) is 18.4. The summed E-state index contributed by atoms with van der Waals surface area (Å²) in [7, 11) is -3.67. The van der Waals surface area contributed by atoms with Gasteiger partial charge in [0.2, 0.25) is 17.6 Å². The second-order valence-corrected chi connectivity index (χ2v) is 17.8. The van der Waals surface area contributed by atoms with Crippen LogP contribution < -0.4 is 26.0 Å². The van der Waals surface area contributed by atoms with Crippen molar-refractivity contribution in [2.24, 2.45) is 28.1 Å². The number of ketones is 1. The van der Waals surface area contributed by atoms with Crippen molar-refractivity contribution in [2.75, 3.05) is 32.7 Å². The van der Waals surface area contributed by atoms with Gasteiger partial charge in [0.25, 0.3) is 16.1 Å². The van der Waals surface area contributed by atoms with Gasteiger partial charge in [-0.05, 0) is 40.9 Å². The molecule has 0 radical (unpaired) electrons. The van der Waals surface area contributed by atoms with Crippen molar-refractivity contribution in [1.29, 1.82) is 0 Å². The van der Waals surface area contributed by atoms with Crippen molar-refractivity contribution in [2.45, 2.75) is 106 Å². The Morgan fingerprint density at radius 1 is 1.02 bits per heavy atom. The van der Waals surface area contributed by atoms with E-state index in [1.54, 1.807) is 0 Å². The third-order valence-corrected chi connectivity index (χ3v) is 11.5. The molecule has 0 aromatic heterocycles. The molecule has 1 saturated carbocycles. The van der Waals surface area contributed by atoms with Gasteiger partial charge in [-0.25, -0.2) is 9.52 Å². The fourth-order valence-corrected chi connectivity index (χ4v) is 8.08. The molecule has 2 heterocycles. The van der Waals surface area contributed by atoms with Gasteiger partial charge in [-0.1, -0.05) is 74.8 Å². The van der Waals surface area contributed by atoms with Crippen LogP contribution in [0.5, 0.6) is 0 Å². The Labute approximate surface area is 286 Å². The largest absolute Gasteiger partial charge is 0.346 e. The van der Waals surface area contributed by atoms with Gasteiger partial charge < -0.3 is 26.2 Å². The van der Waals surface area contributed by atoms with Crippen molar-refractivity contribution in [3.8, 4) is 0 Å². The zero-order chi connectivity index (χ0) is 36.4. The molecule has 5 amide bonds. The molecule has 6 atom stereocenters. The molecule has 0 aromatic rings. The predicted molar refractivity (Wildman–Crippen MR) is 183 cm³/mol. The average molecular weight is 696 g/mol. The minimum absolute atomic E-state index is 0.0493. The molecule has 0 spiro atoms. The van der Waals surface area contributed by atoms with Crippen molar-refractivity contribution < 1.29 is 32.4 Å². The fourth-order valence-electron chi connectivity index (χ4n) is 6.78. The molecule has 0 bridgehead atoms. The zero-order valence-corrected chi connectivity index (χ0v) is 30.9. The van der Waals surface area contributed by atoms with Crippen LogP contribution in [0.4, 0.5) is 4.79 Å². The van der Waals surface area contributed by atoms with E-state index in [1.165, 1.54) is 15.3 Å². The number of hydrogen-bond donors (Lipinski definition) is 5. The van der Waals surface area contributed by atoms with Crippen LogP contribution in [0.2, 0.25) is 0 Å². The molecule has 2 aliphatic heterocycles. The molecule has 3 rings (SSSR count). The van der Waals surface area contributed by atoms with E-state index in [4.69, 9.17) is 0 Å². The molecular weight excluding hydrogens is 638 g/mol. The van der Waals surface area contributed by atoms with Crippen molar-refractivity contribution in [1.82, 2.24) is 35.2 Å². The summed E-state index contributed by atoms with van der Waals surface area (Å²) in [5.74, 6) is -2.63. The quantitative estimate of drug-likeness (QED) is 0.142. The molecule has 15 heteroatoms. The summed E-state index contributed by atoms with van der Waals surface area (Å²) in [6.07, 6.45) is 2.88. The maximum Gasteiger partial charge on any atom is 0.315 e. The molecule has 1 aliphatic carbocycles. The number of urea groups is 1. The highest BCUT2D eigenvalue weighted by Crippen LogP contribution is 2.65. The summed E-state index contributed by atoms with van der Waals surface area (Å²) in [5.41, 5.74) is -1.50. The molecule has 3 aliphatic rings. The SMILES string of the molecule is C=CCNC(=O)C(=O)C(CCC)NC(=O)[C@@H]1[C@@H]2[C@H](CN1C(=O)[C@@H](NC(=O)N[C@H](CN1CCCNS1(=O)=O)C(C)(C)C)C(C)(C)C)C2(C)C. The van der Waals surface area contributed by atoms with Gasteiger partial charge >= 0.3 is 6.03 Å². The number of fused-ring (bicyclic) bond motifs is 1. The minimum atomic E-state index is -3.67. The third-order valence-electron chi connectivity index (χ3n) is 9.94. The molecule has 2 saturated heterocycles. The third kappa shape index (κ3) is 8.94. The van der Waals surface area contributed by atoms with Gasteiger partial charge in [0.1, 0.15) is 12.1 Å². The van der Waals surface area contributed by atoms with E-state index in [0.717, 1.165) is 0 Å². The van der Waals surface area contributed by atoms with E-state index in [0.29, 0.717) is 32.5 Å². The summed E-state index contributed by atoms with van der Waals surface area (Å²) < 4.78 is 29.1. The average Bonchev–Trinajstić information content (AvgIpc) is 3.28. The van der Waals surface area contributed by atoms with Gasteiger partial charge in [-0.15, -0.1) is 6.58 Å². The lowest BCUT2D eigenvalue weighted by molar-refractivity contribution is -0.145. The highest BCUT2D eigenvalue weighted by molar-refractivity contribution is 7.87. The Balaban J connectivity index is 1.82. The first-order valence-electron chi connectivity index (χ1n) is 16.9. The number of hydrogen-bond acceptors (Lipinski definition) is 7. The van der Waals surface area contributed by atoms with Crippen LogP contribution >= 0.6 is 0 Å². The maximum atomic E-state index is 14.3. The van der Waals surface area contributed by atoms with Crippen LogP contribution in [0.15, 0.2) is 12.7 Å². The van der Waals surface area contributed by atoms with Crippen LogP contribution in [-0.2, 0) is 29.4 Å². The van der Waals surface area contributed by atoms with Crippen LogP contribution in [0, 0.1) is 28.1 Å². The lowest BCUT2D eigenvalue weighted by Gasteiger charge is -2.39. The van der Waals surface area contributed by atoms with Crippen LogP contribution in [0.25, 0.3) is 0 Å². The van der Waals surface area contributed by atoms with Gasteiger partial charge in [0.05, 0.1) is 6.04 Å². The number of likely N-dealkylation sites (tertiary alicyclic amines) is 1. The van der Waals surface area contributed by atoms with Crippen LogP contribution in [0.1, 0.15) is 81.6 Å². The van der Waals surface area contributed by atoms with Crippen molar-refractivity contribution >= 4 is 39.7 Å². The van der Waals surface area contributed by atoms with Gasteiger partial charge in [-0.2, -0.15) is 12.7 Å². The van der Waals surface area contributed by atoms with E-state index >= 15 is 0 Å². The smallest absolute Gasteiger partial charge is 0.315 e. The molecule has 3 fully saturated rings. The monoisotopic (exact) mass is 695 g/mol. The normalized spacial score (nSPS) is 25.1. The Morgan fingerprint density at radius 2 is 1.67 bits per heavy atom. The topological polar surface area (TPSA) is 186 Å². The second kappa shape index (κ2) is 14.8. The van der Waals surface area contributed by atoms with E-state index in [2.05, 4.69) is 32.6 Å². The van der Waals surface area contributed by atoms with E-state index in [9.17, 15) is 32.4 Å². The highest BCUT2D eigenvalue weighted by atomic mass is 32.2. The Hall–Kier alpha value is -3.04. The van der Waals surface area contributed by atoms with E-state index in [1.807, 2.05) is 62.3 Å². The van der Waals surface area contributed by atoms with Crippen molar-refractivity contribution in [3.63, 3.8) is 0 Å². The number of nitrogens with one attached hydrogen (secondary N) is 5. The first kappa shape index (κ1) is 39.4. The predicted octanol–water partition coefficient (Wildman–Crippen LogP) is 1.29. The molecule has 0 aromatic carbocycles. The zero-order valence-electron chi connectivity index (χ0n) is 30.1. The lowest BCUT2D eigenvalue weighted by atomic mass is 9.85. The number of Topliss-reactive ketones (excluding diaryl/α,β-unsaturated/α-hetero) is 1.